The number of rotatable bonds is 6. The van der Waals surface area contributed by atoms with E-state index in [4.69, 9.17) is 9.15 Å². The van der Waals surface area contributed by atoms with Crippen molar-refractivity contribution in [2.24, 2.45) is 0 Å². The van der Waals surface area contributed by atoms with Gasteiger partial charge in [-0.05, 0) is 63.8 Å². The summed E-state index contributed by atoms with van der Waals surface area (Å²) in [6.45, 7) is 9.01. The molecule has 0 bridgehead atoms. The zero-order valence-corrected chi connectivity index (χ0v) is 25.2. The van der Waals surface area contributed by atoms with Gasteiger partial charge in [-0.15, -0.1) is 0 Å². The van der Waals surface area contributed by atoms with Gasteiger partial charge in [0.25, 0.3) is 5.91 Å². The first-order valence-electron chi connectivity index (χ1n) is 14.8. The molecule has 3 heterocycles. The van der Waals surface area contributed by atoms with E-state index in [2.05, 4.69) is 24.3 Å². The first kappa shape index (κ1) is 29.4. The normalized spacial score (nSPS) is 21.3. The van der Waals surface area contributed by atoms with Crippen molar-refractivity contribution >= 4 is 17.9 Å². The summed E-state index contributed by atoms with van der Waals surface area (Å²) >= 11 is 0. The summed E-state index contributed by atoms with van der Waals surface area (Å²) in [5.41, 5.74) is 1.73. The number of benzene rings is 2. The van der Waals surface area contributed by atoms with Crippen molar-refractivity contribution in [1.82, 2.24) is 14.7 Å². The Kier molecular flexibility index (Phi) is 8.43. The maximum atomic E-state index is 14.0. The second-order valence-electron chi connectivity index (χ2n) is 12.5. The number of furan rings is 1. The lowest BCUT2D eigenvalue weighted by molar-refractivity contribution is -0.134. The molecule has 5 rings (SSSR count). The number of carbonyl (C=O) groups is 3. The molecule has 4 atom stereocenters. The van der Waals surface area contributed by atoms with Gasteiger partial charge in [-0.25, -0.2) is 4.79 Å². The number of likely N-dealkylation sites (tertiary alicyclic amines) is 2. The summed E-state index contributed by atoms with van der Waals surface area (Å²) in [6, 6.07) is 22.7. The fraction of sp³-hybridized carbons (Fsp3) is 0.441. The van der Waals surface area contributed by atoms with E-state index in [9.17, 15) is 14.4 Å². The Morgan fingerprint density at radius 2 is 1.52 bits per heavy atom. The van der Waals surface area contributed by atoms with Gasteiger partial charge in [-0.2, -0.15) is 0 Å². The molecule has 0 N–H and O–H groups in total. The van der Waals surface area contributed by atoms with Gasteiger partial charge in [0, 0.05) is 38.5 Å². The number of carbonyl (C=O) groups excluding carboxylic acids is 3. The quantitative estimate of drug-likeness (QED) is 0.351. The highest BCUT2D eigenvalue weighted by atomic mass is 16.6. The Labute approximate surface area is 248 Å². The smallest absolute Gasteiger partial charge is 0.410 e. The molecule has 0 saturated carbocycles. The SMILES string of the molecule is CC(c1ccc(C(=O)N2C[C@@H](c3ccccc3)C[C@H]2C(=O)N2CCC(c3ccccc3)C2)o1)N(C)C(=O)OC(C)(C)C. The summed E-state index contributed by atoms with van der Waals surface area (Å²) < 4.78 is 11.5. The largest absolute Gasteiger partial charge is 0.454 e. The maximum Gasteiger partial charge on any atom is 0.410 e. The van der Waals surface area contributed by atoms with Crippen LogP contribution in [0.1, 0.15) is 85.9 Å². The standard InChI is InChI=1S/C34H41N3O5/c1-23(35(5)33(40)42-34(2,3)4)29-16-17-30(41-29)32(39)37-22-27(25-14-10-7-11-15-25)20-28(37)31(38)36-19-18-26(21-36)24-12-8-6-9-13-24/h6-17,23,26-28H,18-22H2,1-5H3/t23?,26?,27-,28-/m0/s1. The first-order valence-corrected chi connectivity index (χ1v) is 14.8. The molecule has 2 aliphatic rings. The molecule has 0 aliphatic carbocycles. The summed E-state index contributed by atoms with van der Waals surface area (Å²) in [4.78, 5) is 45.5. The highest BCUT2D eigenvalue weighted by Crippen LogP contribution is 2.36. The van der Waals surface area contributed by atoms with Crippen molar-refractivity contribution in [3.05, 3.63) is 95.4 Å². The van der Waals surface area contributed by atoms with Gasteiger partial charge in [0.05, 0.1) is 6.04 Å². The number of nitrogens with zero attached hydrogens (tertiary/aromatic N) is 3. The van der Waals surface area contributed by atoms with E-state index < -0.39 is 23.8 Å². The molecule has 1 aromatic heterocycles. The van der Waals surface area contributed by atoms with E-state index >= 15 is 0 Å². The monoisotopic (exact) mass is 571 g/mol. The van der Waals surface area contributed by atoms with Crippen molar-refractivity contribution < 1.29 is 23.5 Å². The zero-order valence-electron chi connectivity index (χ0n) is 25.2. The van der Waals surface area contributed by atoms with Gasteiger partial charge in [0.2, 0.25) is 5.91 Å². The highest BCUT2D eigenvalue weighted by Gasteiger charge is 2.44. The van der Waals surface area contributed by atoms with Gasteiger partial charge >= 0.3 is 6.09 Å². The van der Waals surface area contributed by atoms with Gasteiger partial charge in [-0.1, -0.05) is 60.7 Å². The Morgan fingerprint density at radius 3 is 2.14 bits per heavy atom. The molecule has 2 fully saturated rings. The maximum absolute atomic E-state index is 14.0. The first-order chi connectivity index (χ1) is 20.0. The van der Waals surface area contributed by atoms with E-state index in [0.29, 0.717) is 37.7 Å². The van der Waals surface area contributed by atoms with Crippen molar-refractivity contribution in [1.29, 1.82) is 0 Å². The second-order valence-corrected chi connectivity index (χ2v) is 12.5. The minimum Gasteiger partial charge on any atom is -0.454 e. The Bertz CT molecular complexity index is 1400. The third-order valence-electron chi connectivity index (χ3n) is 8.40. The van der Waals surface area contributed by atoms with Crippen LogP contribution in [-0.4, -0.2) is 70.9 Å². The molecule has 42 heavy (non-hydrogen) atoms. The van der Waals surface area contributed by atoms with E-state index in [0.717, 1.165) is 12.0 Å². The number of ether oxygens (including phenoxy) is 1. The molecular weight excluding hydrogens is 530 g/mol. The molecule has 2 aromatic carbocycles. The predicted molar refractivity (Wildman–Crippen MR) is 160 cm³/mol. The average molecular weight is 572 g/mol. The van der Waals surface area contributed by atoms with Gasteiger partial charge in [0.15, 0.2) is 5.76 Å². The number of hydrogen-bond donors (Lipinski definition) is 0. The summed E-state index contributed by atoms with van der Waals surface area (Å²) in [7, 11) is 1.64. The van der Waals surface area contributed by atoms with Crippen molar-refractivity contribution in [3.63, 3.8) is 0 Å². The van der Waals surface area contributed by atoms with E-state index in [1.165, 1.54) is 10.5 Å². The van der Waals surface area contributed by atoms with Crippen LogP contribution in [0, 0.1) is 0 Å². The molecule has 8 heteroatoms. The van der Waals surface area contributed by atoms with Crippen LogP contribution in [0.25, 0.3) is 0 Å². The third kappa shape index (κ3) is 6.37. The molecule has 2 saturated heterocycles. The molecular formula is C34H41N3O5. The molecule has 3 amide bonds. The molecule has 222 valence electrons. The lowest BCUT2D eigenvalue weighted by Crippen LogP contribution is -2.47. The summed E-state index contributed by atoms with van der Waals surface area (Å²) in [6.07, 6.45) is 0.991. The molecule has 0 spiro atoms. The molecule has 2 aliphatic heterocycles. The highest BCUT2D eigenvalue weighted by molar-refractivity contribution is 5.96. The Balaban J connectivity index is 1.34. The van der Waals surface area contributed by atoms with Crippen molar-refractivity contribution in [3.8, 4) is 0 Å². The number of amides is 3. The lowest BCUT2D eigenvalue weighted by Gasteiger charge is -2.28. The van der Waals surface area contributed by atoms with Crippen LogP contribution in [0.2, 0.25) is 0 Å². The van der Waals surface area contributed by atoms with Crippen LogP contribution in [0.5, 0.6) is 0 Å². The van der Waals surface area contributed by atoms with Gasteiger partial charge < -0.3 is 23.9 Å². The van der Waals surface area contributed by atoms with E-state index in [-0.39, 0.29) is 23.5 Å². The number of hydrogen-bond acceptors (Lipinski definition) is 5. The molecule has 2 unspecified atom stereocenters. The van der Waals surface area contributed by atoms with Crippen molar-refractivity contribution in [2.45, 2.75) is 70.1 Å². The zero-order chi connectivity index (χ0) is 30.0. The van der Waals surface area contributed by atoms with E-state index in [1.54, 1.807) is 24.1 Å². The molecule has 3 aromatic rings. The fourth-order valence-corrected chi connectivity index (χ4v) is 5.95. The van der Waals surface area contributed by atoms with Crippen LogP contribution in [0.4, 0.5) is 4.79 Å². The minimum absolute atomic E-state index is 0.00924. The van der Waals surface area contributed by atoms with Gasteiger partial charge in [-0.3, -0.25) is 9.59 Å². The van der Waals surface area contributed by atoms with Crippen LogP contribution in [-0.2, 0) is 9.53 Å². The van der Waals surface area contributed by atoms with Crippen LogP contribution < -0.4 is 0 Å². The fourth-order valence-electron chi connectivity index (χ4n) is 5.95. The van der Waals surface area contributed by atoms with E-state index in [1.807, 2.05) is 69.0 Å². The van der Waals surface area contributed by atoms with Crippen molar-refractivity contribution in [2.75, 3.05) is 26.7 Å². The molecule has 0 radical (unpaired) electrons. The van der Waals surface area contributed by atoms with Crippen LogP contribution in [0.3, 0.4) is 0 Å². The van der Waals surface area contributed by atoms with Gasteiger partial charge in [0.1, 0.15) is 17.4 Å². The summed E-state index contributed by atoms with van der Waals surface area (Å²) in [5.74, 6) is 0.641. The van der Waals surface area contributed by atoms with Crippen LogP contribution in [0.15, 0.2) is 77.2 Å². The topological polar surface area (TPSA) is 83.3 Å². The minimum atomic E-state index is -0.627. The van der Waals surface area contributed by atoms with Crippen LogP contribution >= 0.6 is 0 Å². The predicted octanol–water partition coefficient (Wildman–Crippen LogP) is 6.22. The Hall–Kier alpha value is -4.07. The third-order valence-corrected chi connectivity index (χ3v) is 8.40. The second kappa shape index (κ2) is 12.0. The average Bonchev–Trinajstić information content (AvgIpc) is 3.76. The summed E-state index contributed by atoms with van der Waals surface area (Å²) in [5, 5.41) is 0. The Morgan fingerprint density at radius 1 is 0.905 bits per heavy atom. The lowest BCUT2D eigenvalue weighted by atomic mass is 9.96. The molecule has 8 nitrogen and oxygen atoms in total.